The zero-order valence-electron chi connectivity index (χ0n) is 23.0. The summed E-state index contributed by atoms with van der Waals surface area (Å²) in [6.45, 7) is 3.93. The van der Waals surface area contributed by atoms with Crippen LogP contribution in [0.1, 0.15) is 49.0 Å². The van der Waals surface area contributed by atoms with E-state index in [9.17, 15) is 4.79 Å². The summed E-state index contributed by atoms with van der Waals surface area (Å²) in [5.74, 6) is -0.0691. The van der Waals surface area contributed by atoms with Gasteiger partial charge < -0.3 is 0 Å². The summed E-state index contributed by atoms with van der Waals surface area (Å²) in [6, 6.07) is 28.9. The molecule has 3 aromatic carbocycles. The number of cyclic esters (lactones) is 1. The fraction of sp³-hybridized carbons (Fsp3) is 0.424. The Morgan fingerprint density at radius 1 is 0.780 bits per heavy atom. The number of carbonyl (C=O) groups excluding carboxylic acids is 1. The molecule has 0 aliphatic carbocycles. The van der Waals surface area contributed by atoms with E-state index in [1.165, 1.54) is 10.0 Å². The van der Waals surface area contributed by atoms with E-state index >= 15 is 0 Å². The van der Waals surface area contributed by atoms with Gasteiger partial charge in [0, 0.05) is 0 Å². The fourth-order valence-corrected chi connectivity index (χ4v) is 9.39. The third-order valence-corrected chi connectivity index (χ3v) is 11.5. The first-order valence-corrected chi connectivity index (χ1v) is 16.4. The van der Waals surface area contributed by atoms with Crippen LogP contribution in [0.2, 0.25) is 4.82 Å². The Bertz CT molecular complexity index is 1280. The third-order valence-electron chi connectivity index (χ3n) is 8.55. The molecule has 214 valence electrons. The number of nitrogens with zero attached hydrogens (tertiary/aromatic N) is 1. The first kappa shape index (κ1) is 27.3. The van der Waals surface area contributed by atoms with Gasteiger partial charge in [0.2, 0.25) is 0 Å². The number of fused-ring (bicyclic) bond motifs is 3. The Labute approximate surface area is 247 Å². The molecule has 4 saturated heterocycles. The van der Waals surface area contributed by atoms with Crippen LogP contribution in [-0.2, 0) is 35.0 Å². The Kier molecular flexibility index (Phi) is 7.97. The molecule has 3 aromatic rings. The molecular weight excluding hydrogens is 585 g/mol. The van der Waals surface area contributed by atoms with E-state index in [2.05, 4.69) is 36.1 Å². The molecular formula is C33H35NO6Se. The summed E-state index contributed by atoms with van der Waals surface area (Å²) in [7, 11) is 0. The molecule has 0 aromatic heterocycles. The van der Waals surface area contributed by atoms with Crippen LogP contribution in [0.4, 0.5) is 0 Å². The molecule has 8 atom stereocenters. The van der Waals surface area contributed by atoms with Gasteiger partial charge in [-0.3, -0.25) is 0 Å². The predicted octanol–water partition coefficient (Wildman–Crippen LogP) is 4.31. The molecule has 0 unspecified atom stereocenters. The molecule has 0 saturated carbocycles. The minimum atomic E-state index is -0.429. The van der Waals surface area contributed by atoms with Crippen molar-refractivity contribution in [2.45, 2.75) is 74.1 Å². The van der Waals surface area contributed by atoms with Crippen LogP contribution in [0.5, 0.6) is 0 Å². The number of benzene rings is 3. The van der Waals surface area contributed by atoms with Gasteiger partial charge in [-0.25, -0.2) is 0 Å². The van der Waals surface area contributed by atoms with Crippen molar-refractivity contribution >= 4 is 25.4 Å². The summed E-state index contributed by atoms with van der Waals surface area (Å²) in [4.78, 5) is 14.8. The van der Waals surface area contributed by atoms with Crippen LogP contribution >= 0.6 is 0 Å². The van der Waals surface area contributed by atoms with E-state index in [4.69, 9.17) is 23.7 Å². The summed E-state index contributed by atoms with van der Waals surface area (Å²) in [6.07, 6.45) is 0.212. The zero-order chi connectivity index (χ0) is 27.8. The number of rotatable bonds is 7. The van der Waals surface area contributed by atoms with Crippen molar-refractivity contribution in [2.75, 3.05) is 13.2 Å². The van der Waals surface area contributed by atoms with Crippen LogP contribution in [0, 0.1) is 0 Å². The Balaban J connectivity index is 1.15. The van der Waals surface area contributed by atoms with Gasteiger partial charge in [0.05, 0.1) is 0 Å². The molecule has 4 aliphatic heterocycles. The Morgan fingerprint density at radius 3 is 1.93 bits per heavy atom. The van der Waals surface area contributed by atoms with Crippen molar-refractivity contribution in [1.29, 1.82) is 0 Å². The summed E-state index contributed by atoms with van der Waals surface area (Å²) in [5.41, 5.74) is 3.30. The average Bonchev–Trinajstić information content (AvgIpc) is 3.54. The molecule has 4 fully saturated rings. The van der Waals surface area contributed by atoms with Gasteiger partial charge in [-0.15, -0.1) is 0 Å². The predicted molar refractivity (Wildman–Crippen MR) is 154 cm³/mol. The van der Waals surface area contributed by atoms with Gasteiger partial charge in [-0.2, -0.15) is 0 Å². The Morgan fingerprint density at radius 2 is 1.34 bits per heavy atom. The molecule has 0 amide bonds. The van der Waals surface area contributed by atoms with Crippen LogP contribution < -0.4 is 4.46 Å². The van der Waals surface area contributed by atoms with Gasteiger partial charge in [0.15, 0.2) is 0 Å². The Hall–Kier alpha value is -2.55. The second-order valence-corrected chi connectivity index (χ2v) is 13.8. The molecule has 7 rings (SSSR count). The summed E-state index contributed by atoms with van der Waals surface area (Å²) in [5, 5.41) is 0. The van der Waals surface area contributed by atoms with Crippen molar-refractivity contribution in [1.82, 2.24) is 4.90 Å². The fourth-order valence-electron chi connectivity index (χ4n) is 6.48. The average molecular weight is 621 g/mol. The van der Waals surface area contributed by atoms with Gasteiger partial charge in [-0.1, -0.05) is 0 Å². The number of ether oxygens (including phenoxy) is 5. The number of hydrogen-bond acceptors (Lipinski definition) is 7. The molecule has 41 heavy (non-hydrogen) atoms. The standard InChI is InChI=1S/C33H35NO6Se/c1-2-26-28(17-29(35)38-26)41-27-16-10-9-15-23(27)18-34-24-19-36-32(21-11-5-3-6-12-21)39-30(24)31-25(34)20-37-33(40-31)22-13-7-4-8-14-22/h3-16,24-26,28,30-33H,2,17-20H2,1H3/t24-,25-,26-,28+,30+,31+,32+,33+/m0/s1. The third kappa shape index (κ3) is 5.51. The van der Waals surface area contributed by atoms with E-state index in [1.807, 2.05) is 60.7 Å². The van der Waals surface area contributed by atoms with E-state index in [0.717, 1.165) is 24.1 Å². The molecule has 4 heterocycles. The molecule has 0 N–H and O–H groups in total. The SMILES string of the molecule is CC[C@@H]1OC(=O)C[C@H]1[Se]c1ccccc1CN1[C@H]2CO[C@@H](c3ccccc3)O[C@H]2[C@@H]2O[C@H](c3ccccc3)OC[C@@H]21. The minimum absolute atomic E-state index is 0.0150. The van der Waals surface area contributed by atoms with Crippen LogP contribution in [0.25, 0.3) is 0 Å². The molecule has 0 spiro atoms. The van der Waals surface area contributed by atoms with E-state index in [0.29, 0.717) is 19.6 Å². The van der Waals surface area contributed by atoms with Crippen LogP contribution in [0.15, 0.2) is 84.9 Å². The van der Waals surface area contributed by atoms with E-state index in [-0.39, 0.29) is 56.1 Å². The summed E-state index contributed by atoms with van der Waals surface area (Å²) >= 11 is 0.123. The number of hydrogen-bond donors (Lipinski definition) is 0. The first-order valence-electron chi connectivity index (χ1n) is 14.5. The molecule has 0 bridgehead atoms. The van der Waals surface area contributed by atoms with Crippen molar-refractivity contribution in [2.24, 2.45) is 0 Å². The van der Waals surface area contributed by atoms with Gasteiger partial charge >= 0.3 is 248 Å². The van der Waals surface area contributed by atoms with Crippen molar-refractivity contribution < 1.29 is 28.5 Å². The van der Waals surface area contributed by atoms with Gasteiger partial charge in [0.1, 0.15) is 0 Å². The maximum atomic E-state index is 12.1. The normalized spacial score (nSPS) is 33.2. The zero-order valence-corrected chi connectivity index (χ0v) is 24.8. The monoisotopic (exact) mass is 621 g/mol. The maximum absolute atomic E-state index is 12.1. The molecule has 8 heteroatoms. The summed E-state index contributed by atoms with van der Waals surface area (Å²) < 4.78 is 33.0. The van der Waals surface area contributed by atoms with E-state index < -0.39 is 12.6 Å². The van der Waals surface area contributed by atoms with Crippen LogP contribution in [-0.4, -0.2) is 69.4 Å². The first-order chi connectivity index (χ1) is 20.2. The number of likely N-dealkylation sites (tertiary alicyclic amines) is 1. The molecule has 7 nitrogen and oxygen atoms in total. The van der Waals surface area contributed by atoms with Gasteiger partial charge in [0.25, 0.3) is 0 Å². The van der Waals surface area contributed by atoms with Crippen molar-refractivity contribution in [3.05, 3.63) is 102 Å². The van der Waals surface area contributed by atoms with Crippen molar-refractivity contribution in [3.63, 3.8) is 0 Å². The van der Waals surface area contributed by atoms with Gasteiger partial charge in [-0.05, 0) is 0 Å². The second kappa shape index (κ2) is 12.0. The number of carbonyl (C=O) groups is 1. The quantitative estimate of drug-likeness (QED) is 0.288. The molecule has 4 aliphatic rings. The number of esters is 1. The molecule has 0 radical (unpaired) electrons. The second-order valence-electron chi connectivity index (χ2n) is 11.1. The topological polar surface area (TPSA) is 66.5 Å². The van der Waals surface area contributed by atoms with E-state index in [1.54, 1.807) is 0 Å². The van der Waals surface area contributed by atoms with Crippen LogP contribution in [0.3, 0.4) is 0 Å². The van der Waals surface area contributed by atoms with Crippen molar-refractivity contribution in [3.8, 4) is 0 Å².